The molecule has 0 rings (SSSR count). The van der Waals surface area contributed by atoms with Crippen LogP contribution in [-0.2, 0) is 18.4 Å². The van der Waals surface area contributed by atoms with Gasteiger partial charge in [-0.25, -0.2) is 0 Å². The number of hydrogen-bond donors (Lipinski definition) is 2. The Hall–Kier alpha value is -1.02. The van der Waals surface area contributed by atoms with Crippen molar-refractivity contribution in [2.24, 2.45) is 0 Å². The number of nitrogens with one attached hydrogen (secondary N) is 1. The molecule has 0 heterocycles. The number of carbonyl (C=O) groups excluding carboxylic acids is 1. The van der Waals surface area contributed by atoms with Crippen LogP contribution in [0.2, 0.25) is 0 Å². The number of rotatable bonds is 49. The number of amides is 1. The predicted molar refractivity (Wildman–Crippen MR) is 265 cm³/mol. The van der Waals surface area contributed by atoms with Gasteiger partial charge in [0, 0.05) is 6.42 Å². The first-order chi connectivity index (χ1) is 30.0. The van der Waals surface area contributed by atoms with E-state index >= 15 is 0 Å². The van der Waals surface area contributed by atoms with Crippen LogP contribution >= 0.6 is 7.82 Å². The Morgan fingerprint density at radius 1 is 0.548 bits per heavy atom. The van der Waals surface area contributed by atoms with Crippen LogP contribution in [-0.4, -0.2) is 68.5 Å². The van der Waals surface area contributed by atoms with E-state index in [-0.39, 0.29) is 12.5 Å². The Bertz CT molecular complexity index is 1060. The standard InChI is InChI=1S/C53H105N2O6P/c1-6-8-10-12-14-15-16-17-18-19-20-21-22-23-24-25-26-27-28-29-30-31-32-33-34-35-36-37-38-39-41-43-45-47-53(57)54-51(52(56)46-44-42-40-13-11-9-7-2)50-61-62(58,59)60-49-48-55(3,4)5/h11,13,44,46,51-52,56H,6-10,12,14-43,45,47-50H2,1-5H3,(H-,54,57,58,59)/b13-11+,46-44+. The van der Waals surface area contributed by atoms with Crippen molar-refractivity contribution in [3.8, 4) is 0 Å². The molecule has 9 heteroatoms. The van der Waals surface area contributed by atoms with Crippen LogP contribution in [0.5, 0.6) is 0 Å². The quantitative estimate of drug-likeness (QED) is 0.0273. The first kappa shape index (κ1) is 61.0. The van der Waals surface area contributed by atoms with Crippen molar-refractivity contribution in [1.82, 2.24) is 5.32 Å². The molecule has 8 nitrogen and oxygen atoms in total. The summed E-state index contributed by atoms with van der Waals surface area (Å²) in [6.07, 6.45) is 56.0. The Kier molecular flexibility index (Phi) is 44.4. The topological polar surface area (TPSA) is 108 Å². The molecule has 0 aliphatic rings. The first-order valence-corrected chi connectivity index (χ1v) is 28.2. The minimum atomic E-state index is -4.58. The molecule has 0 saturated heterocycles. The third-order valence-electron chi connectivity index (χ3n) is 12.1. The number of hydrogen-bond acceptors (Lipinski definition) is 6. The van der Waals surface area contributed by atoms with Gasteiger partial charge in [-0.15, -0.1) is 0 Å². The second-order valence-corrected chi connectivity index (χ2v) is 21.0. The van der Waals surface area contributed by atoms with E-state index in [1.165, 1.54) is 193 Å². The zero-order valence-electron chi connectivity index (χ0n) is 41.8. The molecule has 0 radical (unpaired) electrons. The number of allylic oxidation sites excluding steroid dienone is 3. The monoisotopic (exact) mass is 897 g/mol. The van der Waals surface area contributed by atoms with E-state index < -0.39 is 26.6 Å². The zero-order chi connectivity index (χ0) is 45.7. The molecule has 368 valence electrons. The van der Waals surface area contributed by atoms with Gasteiger partial charge in [-0.2, -0.15) is 0 Å². The summed E-state index contributed by atoms with van der Waals surface area (Å²) in [5.41, 5.74) is 0. The molecule has 3 atom stereocenters. The highest BCUT2D eigenvalue weighted by Crippen LogP contribution is 2.38. The van der Waals surface area contributed by atoms with Gasteiger partial charge in [0.25, 0.3) is 7.82 Å². The van der Waals surface area contributed by atoms with Gasteiger partial charge in [0.2, 0.25) is 5.91 Å². The molecule has 0 aromatic carbocycles. The molecule has 0 saturated carbocycles. The van der Waals surface area contributed by atoms with Crippen LogP contribution in [0.4, 0.5) is 0 Å². The Morgan fingerprint density at radius 3 is 1.27 bits per heavy atom. The smallest absolute Gasteiger partial charge is 0.268 e. The lowest BCUT2D eigenvalue weighted by Gasteiger charge is -2.29. The fourth-order valence-electron chi connectivity index (χ4n) is 7.94. The summed E-state index contributed by atoms with van der Waals surface area (Å²) in [5, 5.41) is 13.7. The second-order valence-electron chi connectivity index (χ2n) is 19.6. The Balaban J connectivity index is 3.81. The van der Waals surface area contributed by atoms with Gasteiger partial charge < -0.3 is 28.8 Å². The summed E-state index contributed by atoms with van der Waals surface area (Å²) in [6.45, 7) is 4.53. The van der Waals surface area contributed by atoms with Crippen molar-refractivity contribution in [3.05, 3.63) is 24.3 Å². The maximum Gasteiger partial charge on any atom is 0.268 e. The number of unbranched alkanes of at least 4 members (excludes halogenated alkanes) is 34. The van der Waals surface area contributed by atoms with E-state index in [4.69, 9.17) is 9.05 Å². The average molecular weight is 897 g/mol. The number of carbonyl (C=O) groups is 1. The molecule has 3 unspecified atom stereocenters. The molecule has 62 heavy (non-hydrogen) atoms. The van der Waals surface area contributed by atoms with Crippen molar-refractivity contribution in [2.45, 2.75) is 270 Å². The molecule has 0 aromatic heterocycles. The van der Waals surface area contributed by atoms with Crippen molar-refractivity contribution in [3.63, 3.8) is 0 Å². The van der Waals surface area contributed by atoms with Gasteiger partial charge in [0.05, 0.1) is 39.9 Å². The lowest BCUT2D eigenvalue weighted by atomic mass is 10.0. The third-order valence-corrected chi connectivity index (χ3v) is 13.1. The molecular weight excluding hydrogens is 792 g/mol. The van der Waals surface area contributed by atoms with Gasteiger partial charge in [-0.1, -0.05) is 250 Å². The predicted octanol–water partition coefficient (Wildman–Crippen LogP) is 15.0. The van der Waals surface area contributed by atoms with E-state index in [0.717, 1.165) is 44.9 Å². The lowest BCUT2D eigenvalue weighted by Crippen LogP contribution is -2.45. The highest BCUT2D eigenvalue weighted by atomic mass is 31.2. The zero-order valence-corrected chi connectivity index (χ0v) is 42.7. The highest BCUT2D eigenvalue weighted by molar-refractivity contribution is 7.45. The largest absolute Gasteiger partial charge is 0.756 e. The first-order valence-electron chi connectivity index (χ1n) is 26.7. The number of nitrogens with zero attached hydrogens (tertiary/aromatic N) is 1. The van der Waals surface area contributed by atoms with Gasteiger partial charge >= 0.3 is 0 Å². The number of aliphatic hydroxyl groups is 1. The van der Waals surface area contributed by atoms with E-state index in [9.17, 15) is 19.4 Å². The molecule has 2 N–H and O–H groups in total. The van der Waals surface area contributed by atoms with Gasteiger partial charge in [-0.05, 0) is 25.7 Å². The molecule has 0 aromatic rings. The summed E-state index contributed by atoms with van der Waals surface area (Å²) in [4.78, 5) is 25.2. The maximum absolute atomic E-state index is 12.8. The molecule has 0 bridgehead atoms. The molecular formula is C53H105N2O6P. The Labute approximate surface area is 385 Å². The van der Waals surface area contributed by atoms with Crippen LogP contribution in [0.3, 0.4) is 0 Å². The van der Waals surface area contributed by atoms with Crippen LogP contribution in [0, 0.1) is 0 Å². The summed E-state index contributed by atoms with van der Waals surface area (Å²) in [5.74, 6) is -0.207. The van der Waals surface area contributed by atoms with Crippen molar-refractivity contribution >= 4 is 13.7 Å². The van der Waals surface area contributed by atoms with Crippen molar-refractivity contribution in [2.75, 3.05) is 40.9 Å². The molecule has 0 aliphatic carbocycles. The van der Waals surface area contributed by atoms with E-state index in [0.29, 0.717) is 17.4 Å². The number of aliphatic hydroxyl groups excluding tert-OH is 1. The van der Waals surface area contributed by atoms with Gasteiger partial charge in [0.15, 0.2) is 0 Å². The van der Waals surface area contributed by atoms with Crippen LogP contribution in [0.25, 0.3) is 0 Å². The van der Waals surface area contributed by atoms with Gasteiger partial charge in [0.1, 0.15) is 13.2 Å². The SMILES string of the molecule is CCC/C=C/CC/C=C/C(O)C(COP(=O)([O-])OCC[N+](C)(C)C)NC(=O)CCCCCCCCCCCCCCCCCCCCCCCCCCCCCCCCCCC. The van der Waals surface area contributed by atoms with Crippen molar-refractivity contribution in [1.29, 1.82) is 0 Å². The minimum Gasteiger partial charge on any atom is -0.756 e. The average Bonchev–Trinajstić information content (AvgIpc) is 3.23. The van der Waals surface area contributed by atoms with Crippen LogP contribution < -0.4 is 10.2 Å². The fraction of sp³-hybridized carbons (Fsp3) is 0.906. The second kappa shape index (κ2) is 45.1. The maximum atomic E-state index is 12.8. The highest BCUT2D eigenvalue weighted by Gasteiger charge is 2.23. The normalized spacial score (nSPS) is 14.2. The lowest BCUT2D eigenvalue weighted by molar-refractivity contribution is -0.870. The minimum absolute atomic E-state index is 0.00492. The number of phosphoric acid groups is 1. The summed E-state index contributed by atoms with van der Waals surface area (Å²) in [7, 11) is 1.25. The summed E-state index contributed by atoms with van der Waals surface area (Å²) < 4.78 is 23.1. The molecule has 1 amide bonds. The van der Waals surface area contributed by atoms with Gasteiger partial charge in [-0.3, -0.25) is 9.36 Å². The summed E-state index contributed by atoms with van der Waals surface area (Å²) in [6, 6.07) is -0.896. The van der Waals surface area contributed by atoms with Crippen LogP contribution in [0.15, 0.2) is 24.3 Å². The molecule has 0 aliphatic heterocycles. The third kappa shape index (κ3) is 47.0. The number of phosphoric ester groups is 1. The summed E-state index contributed by atoms with van der Waals surface area (Å²) >= 11 is 0. The fourth-order valence-corrected chi connectivity index (χ4v) is 8.67. The van der Waals surface area contributed by atoms with Crippen molar-refractivity contribution < 1.29 is 32.9 Å². The molecule has 0 fully saturated rings. The number of quaternary nitrogens is 1. The molecule has 0 spiro atoms. The number of likely N-dealkylation sites (N-methyl/N-ethyl adjacent to an activating group) is 1. The van der Waals surface area contributed by atoms with E-state index in [1.807, 2.05) is 27.2 Å². The van der Waals surface area contributed by atoms with Crippen LogP contribution in [0.1, 0.15) is 258 Å². The van der Waals surface area contributed by atoms with E-state index in [2.05, 4.69) is 31.3 Å². The Morgan fingerprint density at radius 2 is 0.903 bits per heavy atom. The van der Waals surface area contributed by atoms with E-state index in [1.54, 1.807) is 6.08 Å².